The molecule has 0 amide bonds. The zero-order valence-electron chi connectivity index (χ0n) is 6.30. The smallest absolute Gasteiger partial charge is 0.168 e. The van der Waals surface area contributed by atoms with Crippen LogP contribution in [0.3, 0.4) is 0 Å². The van der Waals surface area contributed by atoms with Crippen molar-refractivity contribution in [1.82, 2.24) is 4.98 Å². The van der Waals surface area contributed by atoms with Crippen molar-refractivity contribution in [2.75, 3.05) is 11.9 Å². The number of hydrogen-bond acceptors (Lipinski definition) is 3. The van der Waals surface area contributed by atoms with Gasteiger partial charge in [0, 0.05) is 13.0 Å². The van der Waals surface area contributed by atoms with Crippen LogP contribution in [0.4, 0.5) is 10.2 Å². The van der Waals surface area contributed by atoms with Gasteiger partial charge in [-0.3, -0.25) is 4.79 Å². The Morgan fingerprint density at radius 1 is 1.58 bits per heavy atom. The molecule has 4 heteroatoms. The van der Waals surface area contributed by atoms with E-state index in [0.29, 0.717) is 24.3 Å². The number of pyridine rings is 1. The van der Waals surface area contributed by atoms with Crippen molar-refractivity contribution < 1.29 is 9.18 Å². The fourth-order valence-corrected chi connectivity index (χ4v) is 1.22. The molecule has 0 bridgehead atoms. The van der Waals surface area contributed by atoms with Crippen LogP contribution in [-0.2, 0) is 0 Å². The molecule has 0 unspecified atom stereocenters. The fourth-order valence-electron chi connectivity index (χ4n) is 1.22. The van der Waals surface area contributed by atoms with Crippen molar-refractivity contribution in [3.63, 3.8) is 0 Å². The van der Waals surface area contributed by atoms with Gasteiger partial charge < -0.3 is 5.32 Å². The number of carbonyl (C=O) groups excluding carboxylic acids is 1. The Bertz CT molecular complexity index is 338. The number of aromatic nitrogens is 1. The van der Waals surface area contributed by atoms with E-state index in [9.17, 15) is 9.18 Å². The maximum atomic E-state index is 12.6. The first-order valence-corrected chi connectivity index (χ1v) is 3.70. The number of nitrogens with one attached hydrogen (secondary N) is 1. The van der Waals surface area contributed by atoms with Gasteiger partial charge in [0.15, 0.2) is 5.78 Å². The van der Waals surface area contributed by atoms with E-state index in [0.717, 1.165) is 6.20 Å². The largest absolute Gasteiger partial charge is 0.369 e. The maximum Gasteiger partial charge on any atom is 0.168 e. The SMILES string of the molecule is O=C1CCNc2ncc(F)cc21. The van der Waals surface area contributed by atoms with Crippen molar-refractivity contribution in [2.24, 2.45) is 0 Å². The highest BCUT2D eigenvalue weighted by Gasteiger charge is 2.17. The van der Waals surface area contributed by atoms with E-state index >= 15 is 0 Å². The molecule has 2 rings (SSSR count). The van der Waals surface area contributed by atoms with E-state index < -0.39 is 5.82 Å². The lowest BCUT2D eigenvalue weighted by Crippen LogP contribution is -2.19. The molecule has 0 atom stereocenters. The minimum Gasteiger partial charge on any atom is -0.369 e. The van der Waals surface area contributed by atoms with Crippen LogP contribution in [0, 0.1) is 5.82 Å². The molecule has 0 radical (unpaired) electrons. The Hall–Kier alpha value is -1.45. The predicted octanol–water partition coefficient (Wildman–Crippen LogP) is 1.22. The molecule has 1 aliphatic rings. The third-order valence-electron chi connectivity index (χ3n) is 1.80. The van der Waals surface area contributed by atoms with Crippen LogP contribution in [0.2, 0.25) is 0 Å². The highest BCUT2D eigenvalue weighted by Crippen LogP contribution is 2.19. The monoisotopic (exact) mass is 166 g/mol. The van der Waals surface area contributed by atoms with Crippen LogP contribution in [0.1, 0.15) is 16.8 Å². The lowest BCUT2D eigenvalue weighted by atomic mass is 10.1. The summed E-state index contributed by atoms with van der Waals surface area (Å²) in [5.41, 5.74) is 0.362. The molecule has 0 saturated carbocycles. The normalized spacial score (nSPS) is 15.2. The molecule has 0 saturated heterocycles. The van der Waals surface area contributed by atoms with Crippen LogP contribution in [0.15, 0.2) is 12.3 Å². The Balaban J connectivity index is 2.54. The molecule has 2 heterocycles. The minimum absolute atomic E-state index is 0.0456. The number of halogens is 1. The number of anilines is 1. The van der Waals surface area contributed by atoms with Gasteiger partial charge in [0.2, 0.25) is 0 Å². The van der Waals surface area contributed by atoms with Gasteiger partial charge in [-0.25, -0.2) is 9.37 Å². The van der Waals surface area contributed by atoms with Gasteiger partial charge in [0.1, 0.15) is 11.6 Å². The molecule has 1 aliphatic heterocycles. The quantitative estimate of drug-likeness (QED) is 0.630. The van der Waals surface area contributed by atoms with Gasteiger partial charge in [-0.05, 0) is 6.07 Å². The molecule has 1 aromatic rings. The molecule has 3 nitrogen and oxygen atoms in total. The zero-order chi connectivity index (χ0) is 8.55. The van der Waals surface area contributed by atoms with Crippen molar-refractivity contribution in [3.05, 3.63) is 23.6 Å². The zero-order valence-corrected chi connectivity index (χ0v) is 6.30. The van der Waals surface area contributed by atoms with Gasteiger partial charge in [-0.15, -0.1) is 0 Å². The highest BCUT2D eigenvalue weighted by atomic mass is 19.1. The van der Waals surface area contributed by atoms with Gasteiger partial charge >= 0.3 is 0 Å². The number of nitrogens with zero attached hydrogens (tertiary/aromatic N) is 1. The number of rotatable bonds is 0. The third-order valence-corrected chi connectivity index (χ3v) is 1.80. The van der Waals surface area contributed by atoms with E-state index in [4.69, 9.17) is 0 Å². The number of ketones is 1. The first-order valence-electron chi connectivity index (χ1n) is 3.70. The summed E-state index contributed by atoms with van der Waals surface area (Å²) in [5.74, 6) is -0.0193. The molecule has 0 fully saturated rings. The van der Waals surface area contributed by atoms with Crippen molar-refractivity contribution >= 4 is 11.6 Å². The second-order valence-corrected chi connectivity index (χ2v) is 2.65. The molecule has 0 spiro atoms. The minimum atomic E-state index is -0.467. The molecule has 0 aliphatic carbocycles. The van der Waals surface area contributed by atoms with Gasteiger partial charge in [0.05, 0.1) is 11.8 Å². The van der Waals surface area contributed by atoms with Crippen LogP contribution >= 0.6 is 0 Å². The molecule has 1 N–H and O–H groups in total. The lowest BCUT2D eigenvalue weighted by Gasteiger charge is -2.14. The second-order valence-electron chi connectivity index (χ2n) is 2.65. The van der Waals surface area contributed by atoms with Crippen LogP contribution < -0.4 is 5.32 Å². The Labute approximate surface area is 68.6 Å². The summed E-state index contributed by atoms with van der Waals surface area (Å²) in [6.45, 7) is 0.588. The van der Waals surface area contributed by atoms with Crippen molar-refractivity contribution in [3.8, 4) is 0 Å². The summed E-state index contributed by atoms with van der Waals surface area (Å²) in [4.78, 5) is 15.0. The number of Topliss-reactive ketones (excluding diaryl/α,β-unsaturated/α-hetero) is 1. The summed E-state index contributed by atoms with van der Waals surface area (Å²) in [7, 11) is 0. The Morgan fingerprint density at radius 3 is 3.25 bits per heavy atom. The average molecular weight is 166 g/mol. The molecule has 1 aromatic heterocycles. The topological polar surface area (TPSA) is 42.0 Å². The van der Waals surface area contributed by atoms with E-state index in [2.05, 4.69) is 10.3 Å². The Morgan fingerprint density at radius 2 is 2.42 bits per heavy atom. The summed E-state index contributed by atoms with van der Waals surface area (Å²) < 4.78 is 12.6. The average Bonchev–Trinajstić information content (AvgIpc) is 2.07. The van der Waals surface area contributed by atoms with Crippen molar-refractivity contribution in [2.45, 2.75) is 6.42 Å². The van der Waals surface area contributed by atoms with Crippen LogP contribution in [0.5, 0.6) is 0 Å². The first-order chi connectivity index (χ1) is 5.77. The molecule has 62 valence electrons. The van der Waals surface area contributed by atoms with Crippen LogP contribution in [-0.4, -0.2) is 17.3 Å². The number of fused-ring (bicyclic) bond motifs is 1. The summed E-state index contributed by atoms with van der Waals surface area (Å²) >= 11 is 0. The molecule has 12 heavy (non-hydrogen) atoms. The van der Waals surface area contributed by atoms with E-state index in [1.54, 1.807) is 0 Å². The number of hydrogen-bond donors (Lipinski definition) is 1. The van der Waals surface area contributed by atoms with Gasteiger partial charge in [-0.1, -0.05) is 0 Å². The predicted molar refractivity (Wildman–Crippen MR) is 41.6 cm³/mol. The van der Waals surface area contributed by atoms with E-state index in [1.165, 1.54) is 6.07 Å². The number of carbonyl (C=O) groups is 1. The first kappa shape index (κ1) is 7.21. The van der Waals surface area contributed by atoms with Crippen molar-refractivity contribution in [1.29, 1.82) is 0 Å². The lowest BCUT2D eigenvalue weighted by molar-refractivity contribution is 0.0983. The standard InChI is InChI=1S/C8H7FN2O/c9-5-3-6-7(12)1-2-10-8(6)11-4-5/h3-4H,1-2H2,(H,10,11). The molecular formula is C8H7FN2O. The molecular weight excluding hydrogens is 159 g/mol. The third kappa shape index (κ3) is 1.05. The highest BCUT2D eigenvalue weighted by molar-refractivity contribution is 6.02. The second kappa shape index (κ2) is 2.55. The summed E-state index contributed by atoms with van der Waals surface area (Å²) in [6, 6.07) is 1.22. The van der Waals surface area contributed by atoms with Crippen LogP contribution in [0.25, 0.3) is 0 Å². The fraction of sp³-hybridized carbons (Fsp3) is 0.250. The molecule has 0 aromatic carbocycles. The van der Waals surface area contributed by atoms with Gasteiger partial charge in [-0.2, -0.15) is 0 Å². The van der Waals surface area contributed by atoms with E-state index in [1.807, 2.05) is 0 Å². The summed E-state index contributed by atoms with van der Waals surface area (Å²) in [5, 5.41) is 2.92. The maximum absolute atomic E-state index is 12.6. The summed E-state index contributed by atoms with van der Waals surface area (Å²) in [6.07, 6.45) is 1.52. The van der Waals surface area contributed by atoms with E-state index in [-0.39, 0.29) is 5.78 Å². The Kier molecular flexibility index (Phi) is 1.53. The van der Waals surface area contributed by atoms with Gasteiger partial charge in [0.25, 0.3) is 0 Å².